The predicted octanol–water partition coefficient (Wildman–Crippen LogP) is 1.51. The van der Waals surface area contributed by atoms with Gasteiger partial charge >= 0.3 is 0 Å². The number of halogens is 1. The van der Waals surface area contributed by atoms with Crippen LogP contribution in [0.1, 0.15) is 39.5 Å². The highest BCUT2D eigenvalue weighted by Crippen LogP contribution is 2.15. The van der Waals surface area contributed by atoms with Gasteiger partial charge in [-0.3, -0.25) is 9.79 Å². The van der Waals surface area contributed by atoms with Crippen LogP contribution in [0.15, 0.2) is 4.99 Å². The van der Waals surface area contributed by atoms with Crippen molar-refractivity contribution in [2.75, 3.05) is 52.4 Å². The third kappa shape index (κ3) is 7.13. The summed E-state index contributed by atoms with van der Waals surface area (Å²) in [5.74, 6) is 1.91. The van der Waals surface area contributed by atoms with Crippen molar-refractivity contribution in [2.24, 2.45) is 10.9 Å². The lowest BCUT2D eigenvalue weighted by Gasteiger charge is -2.17. The molecule has 2 saturated heterocycles. The molecule has 0 bridgehead atoms. The fraction of sp³-hybridized carbons (Fsp3) is 0.882. The lowest BCUT2D eigenvalue weighted by molar-refractivity contribution is -0.127. The van der Waals surface area contributed by atoms with Crippen molar-refractivity contribution < 1.29 is 4.79 Å². The quantitative estimate of drug-likeness (QED) is 0.254. The molecule has 2 heterocycles. The van der Waals surface area contributed by atoms with Crippen molar-refractivity contribution in [3.8, 4) is 0 Å². The van der Waals surface area contributed by atoms with Gasteiger partial charge in [0.05, 0.1) is 0 Å². The maximum absolute atomic E-state index is 11.6. The van der Waals surface area contributed by atoms with Gasteiger partial charge in [0.15, 0.2) is 5.96 Å². The molecule has 2 N–H and O–H groups in total. The first-order valence-electron chi connectivity index (χ1n) is 9.25. The van der Waals surface area contributed by atoms with Crippen LogP contribution in [0.3, 0.4) is 0 Å². The molecule has 2 aliphatic heterocycles. The summed E-state index contributed by atoms with van der Waals surface area (Å²) < 4.78 is 0. The van der Waals surface area contributed by atoms with Crippen LogP contribution in [0.2, 0.25) is 0 Å². The number of carbonyl (C=O) groups excluding carboxylic acids is 1. The Morgan fingerprint density at radius 3 is 2.75 bits per heavy atom. The van der Waals surface area contributed by atoms with E-state index in [1.807, 2.05) is 4.90 Å². The number of rotatable bonds is 8. The topological polar surface area (TPSA) is 60.0 Å². The normalized spacial score (nSPS) is 21.9. The predicted molar refractivity (Wildman–Crippen MR) is 110 cm³/mol. The molecule has 1 atom stereocenters. The summed E-state index contributed by atoms with van der Waals surface area (Å²) in [4.78, 5) is 20.8. The number of likely N-dealkylation sites (tertiary alicyclic amines) is 2. The molecule has 1 unspecified atom stereocenters. The Bertz CT molecular complexity index is 404. The van der Waals surface area contributed by atoms with Gasteiger partial charge < -0.3 is 20.4 Å². The number of guanidine groups is 1. The zero-order valence-corrected chi connectivity index (χ0v) is 17.6. The Balaban J connectivity index is 0.00000288. The van der Waals surface area contributed by atoms with E-state index in [2.05, 4.69) is 29.4 Å². The average molecular weight is 451 g/mol. The summed E-state index contributed by atoms with van der Waals surface area (Å²) in [6, 6.07) is 0. The monoisotopic (exact) mass is 451 g/mol. The third-order valence-corrected chi connectivity index (χ3v) is 4.74. The van der Waals surface area contributed by atoms with Crippen LogP contribution in [-0.2, 0) is 4.79 Å². The van der Waals surface area contributed by atoms with Gasteiger partial charge in [0.2, 0.25) is 5.91 Å². The zero-order chi connectivity index (χ0) is 16.5. The third-order valence-electron chi connectivity index (χ3n) is 4.74. The van der Waals surface area contributed by atoms with E-state index in [1.165, 1.54) is 19.5 Å². The second kappa shape index (κ2) is 11.9. The lowest BCUT2D eigenvalue weighted by atomic mass is 10.1. The molecular weight excluding hydrogens is 417 g/mol. The lowest BCUT2D eigenvalue weighted by Crippen LogP contribution is -2.39. The molecule has 0 aromatic rings. The van der Waals surface area contributed by atoms with Crippen LogP contribution in [-0.4, -0.2) is 74.0 Å². The number of nitrogens with zero attached hydrogens (tertiary/aromatic N) is 3. The van der Waals surface area contributed by atoms with Crippen molar-refractivity contribution in [1.82, 2.24) is 20.4 Å². The van der Waals surface area contributed by atoms with E-state index in [0.29, 0.717) is 11.8 Å². The number of hydrogen-bond acceptors (Lipinski definition) is 3. The van der Waals surface area contributed by atoms with E-state index < -0.39 is 0 Å². The van der Waals surface area contributed by atoms with E-state index >= 15 is 0 Å². The SMILES string of the molecule is CCNC(=NCC1CCN(CC)C1)NCCCN1CCCC1=O.I. The van der Waals surface area contributed by atoms with E-state index in [9.17, 15) is 4.79 Å². The summed E-state index contributed by atoms with van der Waals surface area (Å²) >= 11 is 0. The highest BCUT2D eigenvalue weighted by molar-refractivity contribution is 14.0. The number of carbonyl (C=O) groups is 1. The highest BCUT2D eigenvalue weighted by atomic mass is 127. The molecule has 0 aromatic heterocycles. The van der Waals surface area contributed by atoms with E-state index in [1.54, 1.807) is 0 Å². The van der Waals surface area contributed by atoms with Gasteiger partial charge in [-0.25, -0.2) is 0 Å². The fourth-order valence-corrected chi connectivity index (χ4v) is 3.33. The van der Waals surface area contributed by atoms with Crippen LogP contribution >= 0.6 is 24.0 Å². The van der Waals surface area contributed by atoms with Crippen molar-refractivity contribution in [1.29, 1.82) is 0 Å². The summed E-state index contributed by atoms with van der Waals surface area (Å²) in [7, 11) is 0. The Morgan fingerprint density at radius 2 is 2.12 bits per heavy atom. The van der Waals surface area contributed by atoms with Gasteiger partial charge in [0, 0.05) is 45.7 Å². The molecule has 0 spiro atoms. The van der Waals surface area contributed by atoms with E-state index in [0.717, 1.165) is 64.5 Å². The van der Waals surface area contributed by atoms with Crippen molar-refractivity contribution in [3.63, 3.8) is 0 Å². The van der Waals surface area contributed by atoms with Crippen molar-refractivity contribution in [2.45, 2.75) is 39.5 Å². The van der Waals surface area contributed by atoms with Crippen LogP contribution in [0, 0.1) is 5.92 Å². The largest absolute Gasteiger partial charge is 0.357 e. The Kier molecular flexibility index (Phi) is 10.6. The molecule has 2 rings (SSSR count). The fourth-order valence-electron chi connectivity index (χ4n) is 3.33. The maximum atomic E-state index is 11.6. The molecule has 6 nitrogen and oxygen atoms in total. The summed E-state index contributed by atoms with van der Waals surface area (Å²) in [5, 5.41) is 6.71. The van der Waals surface area contributed by atoms with Gasteiger partial charge in [-0.1, -0.05) is 6.92 Å². The zero-order valence-electron chi connectivity index (χ0n) is 15.2. The van der Waals surface area contributed by atoms with Crippen LogP contribution < -0.4 is 10.6 Å². The maximum Gasteiger partial charge on any atom is 0.222 e. The molecule has 2 aliphatic rings. The van der Waals surface area contributed by atoms with Gasteiger partial charge in [0.25, 0.3) is 0 Å². The Morgan fingerprint density at radius 1 is 1.29 bits per heavy atom. The number of aliphatic imine (C=N–C) groups is 1. The molecule has 0 aromatic carbocycles. The minimum absolute atomic E-state index is 0. The van der Waals surface area contributed by atoms with Crippen LogP contribution in [0.25, 0.3) is 0 Å². The molecule has 7 heteroatoms. The molecule has 2 fully saturated rings. The van der Waals surface area contributed by atoms with Crippen molar-refractivity contribution in [3.05, 3.63) is 0 Å². The second-order valence-corrected chi connectivity index (χ2v) is 6.53. The molecule has 24 heavy (non-hydrogen) atoms. The van der Waals surface area contributed by atoms with Crippen LogP contribution in [0.4, 0.5) is 0 Å². The Labute approximate surface area is 163 Å². The first-order valence-corrected chi connectivity index (χ1v) is 9.25. The standard InChI is InChI=1S/C17H33N5O.HI/c1-3-18-17(20-13-15-8-12-21(4-2)14-15)19-9-6-11-22-10-5-7-16(22)23;/h15H,3-14H2,1-2H3,(H2,18,19,20);1H. The average Bonchev–Trinajstić information content (AvgIpc) is 3.18. The van der Waals surface area contributed by atoms with E-state index in [-0.39, 0.29) is 24.0 Å². The number of nitrogens with one attached hydrogen (secondary N) is 2. The molecular formula is C17H34IN5O. The minimum atomic E-state index is 0. The summed E-state index contributed by atoms with van der Waals surface area (Å²) in [6.07, 6.45) is 3.98. The molecule has 140 valence electrons. The highest BCUT2D eigenvalue weighted by Gasteiger charge is 2.21. The first-order chi connectivity index (χ1) is 11.2. The Hall–Kier alpha value is -0.570. The molecule has 0 radical (unpaired) electrons. The second-order valence-electron chi connectivity index (χ2n) is 6.53. The van der Waals surface area contributed by atoms with Crippen LogP contribution in [0.5, 0.6) is 0 Å². The summed E-state index contributed by atoms with van der Waals surface area (Å²) in [6.45, 7) is 12.3. The minimum Gasteiger partial charge on any atom is -0.357 e. The smallest absolute Gasteiger partial charge is 0.222 e. The van der Waals surface area contributed by atoms with Gasteiger partial charge in [-0.05, 0) is 45.2 Å². The number of amides is 1. The molecule has 0 aliphatic carbocycles. The van der Waals surface area contributed by atoms with Gasteiger partial charge in [0.1, 0.15) is 0 Å². The van der Waals surface area contributed by atoms with E-state index in [4.69, 9.17) is 4.99 Å². The molecule has 1 amide bonds. The van der Waals surface area contributed by atoms with Gasteiger partial charge in [-0.15, -0.1) is 24.0 Å². The summed E-state index contributed by atoms with van der Waals surface area (Å²) in [5.41, 5.74) is 0. The molecule has 0 saturated carbocycles. The van der Waals surface area contributed by atoms with Crippen molar-refractivity contribution >= 4 is 35.8 Å². The number of hydrogen-bond donors (Lipinski definition) is 2. The van der Waals surface area contributed by atoms with Gasteiger partial charge in [-0.2, -0.15) is 0 Å². The first kappa shape index (κ1) is 21.5.